The molecular formula is C15H30F2N2O2. The van der Waals surface area contributed by atoms with Crippen LogP contribution in [0.3, 0.4) is 0 Å². The summed E-state index contributed by atoms with van der Waals surface area (Å²) >= 11 is 0. The highest BCUT2D eigenvalue weighted by atomic mass is 19.3. The zero-order chi connectivity index (χ0) is 16.3. The zero-order valence-corrected chi connectivity index (χ0v) is 13.8. The lowest BCUT2D eigenvalue weighted by molar-refractivity contribution is -0.0805. The summed E-state index contributed by atoms with van der Waals surface area (Å²) in [4.78, 5) is 1.63. The van der Waals surface area contributed by atoms with Gasteiger partial charge in [0.25, 0.3) is 6.43 Å². The number of hydrogen-bond acceptors (Lipinski definition) is 4. The molecule has 0 aliphatic carbocycles. The Labute approximate surface area is 126 Å². The van der Waals surface area contributed by atoms with Crippen molar-refractivity contribution in [3.05, 3.63) is 0 Å². The van der Waals surface area contributed by atoms with E-state index >= 15 is 0 Å². The van der Waals surface area contributed by atoms with E-state index in [1.165, 1.54) is 0 Å². The van der Waals surface area contributed by atoms with Crippen LogP contribution in [0.4, 0.5) is 8.78 Å². The quantitative estimate of drug-likeness (QED) is 0.717. The van der Waals surface area contributed by atoms with Crippen molar-refractivity contribution in [2.24, 2.45) is 5.92 Å². The van der Waals surface area contributed by atoms with E-state index in [0.29, 0.717) is 6.54 Å². The Balaban J connectivity index is 2.88. The standard InChI is InChI=1S/C15H30F2N2O2/c1-6-18-13-11(14(2,3)21-15(13,4)5)9-19(7-8-20)10-12(16)17/h11-13,18,20H,6-10H2,1-5H3. The molecule has 0 radical (unpaired) electrons. The van der Waals surface area contributed by atoms with E-state index in [2.05, 4.69) is 5.32 Å². The number of nitrogens with zero attached hydrogens (tertiary/aromatic N) is 1. The SMILES string of the molecule is CCNC1C(CN(CCO)CC(F)F)C(C)(C)OC1(C)C. The van der Waals surface area contributed by atoms with Gasteiger partial charge in [0.05, 0.1) is 24.4 Å². The molecule has 6 heteroatoms. The first kappa shape index (κ1) is 18.7. The number of alkyl halides is 2. The summed E-state index contributed by atoms with van der Waals surface area (Å²) in [5, 5.41) is 12.5. The minimum absolute atomic E-state index is 0.0812. The third kappa shape index (κ3) is 4.84. The second-order valence-corrected chi connectivity index (χ2v) is 6.83. The van der Waals surface area contributed by atoms with Crippen LogP contribution in [0.1, 0.15) is 34.6 Å². The van der Waals surface area contributed by atoms with E-state index in [1.807, 2.05) is 34.6 Å². The molecular weight excluding hydrogens is 278 g/mol. The molecule has 0 aromatic rings. The monoisotopic (exact) mass is 308 g/mol. The first-order chi connectivity index (χ1) is 9.64. The summed E-state index contributed by atoms with van der Waals surface area (Å²) in [6.45, 7) is 11.2. The van der Waals surface area contributed by atoms with Gasteiger partial charge in [0.2, 0.25) is 0 Å². The van der Waals surface area contributed by atoms with Crippen molar-refractivity contribution in [3.63, 3.8) is 0 Å². The zero-order valence-electron chi connectivity index (χ0n) is 13.8. The Hall–Kier alpha value is -0.300. The van der Waals surface area contributed by atoms with Gasteiger partial charge in [-0.15, -0.1) is 0 Å². The van der Waals surface area contributed by atoms with Gasteiger partial charge in [0, 0.05) is 25.0 Å². The molecule has 1 saturated heterocycles. The van der Waals surface area contributed by atoms with Gasteiger partial charge in [-0.1, -0.05) is 6.92 Å². The molecule has 0 bridgehead atoms. The van der Waals surface area contributed by atoms with Gasteiger partial charge in [-0.05, 0) is 34.2 Å². The molecule has 1 aliphatic rings. The molecule has 0 spiro atoms. The fourth-order valence-electron chi connectivity index (χ4n) is 3.51. The largest absolute Gasteiger partial charge is 0.395 e. The Morgan fingerprint density at radius 2 is 1.86 bits per heavy atom. The second-order valence-electron chi connectivity index (χ2n) is 6.83. The molecule has 0 saturated carbocycles. The average Bonchev–Trinajstić information content (AvgIpc) is 2.47. The molecule has 4 nitrogen and oxygen atoms in total. The highest BCUT2D eigenvalue weighted by molar-refractivity contribution is 5.06. The average molecular weight is 308 g/mol. The third-order valence-electron chi connectivity index (χ3n) is 4.26. The van der Waals surface area contributed by atoms with E-state index < -0.39 is 12.0 Å². The fourth-order valence-corrected chi connectivity index (χ4v) is 3.51. The maximum Gasteiger partial charge on any atom is 0.251 e. The number of aliphatic hydroxyl groups is 1. The van der Waals surface area contributed by atoms with Gasteiger partial charge in [-0.25, -0.2) is 8.78 Å². The van der Waals surface area contributed by atoms with Crippen LogP contribution in [0.15, 0.2) is 0 Å². The van der Waals surface area contributed by atoms with Gasteiger partial charge < -0.3 is 15.2 Å². The number of aliphatic hydroxyl groups excluding tert-OH is 1. The summed E-state index contributed by atoms with van der Waals surface area (Å²) in [6.07, 6.45) is -2.40. The van der Waals surface area contributed by atoms with Crippen molar-refractivity contribution in [2.45, 2.75) is 58.3 Å². The number of rotatable bonds is 8. The van der Waals surface area contributed by atoms with E-state index in [-0.39, 0.29) is 37.3 Å². The van der Waals surface area contributed by atoms with Crippen molar-refractivity contribution in [2.75, 3.05) is 32.8 Å². The van der Waals surface area contributed by atoms with Crippen LogP contribution >= 0.6 is 0 Å². The lowest BCUT2D eigenvalue weighted by atomic mass is 9.82. The summed E-state index contributed by atoms with van der Waals surface area (Å²) < 4.78 is 31.6. The Morgan fingerprint density at radius 1 is 1.24 bits per heavy atom. The molecule has 2 N–H and O–H groups in total. The van der Waals surface area contributed by atoms with Gasteiger partial charge in [-0.2, -0.15) is 0 Å². The van der Waals surface area contributed by atoms with E-state index in [0.717, 1.165) is 6.54 Å². The van der Waals surface area contributed by atoms with Crippen LogP contribution in [0, 0.1) is 5.92 Å². The summed E-state index contributed by atoms with van der Waals surface area (Å²) in [5.41, 5.74) is -0.744. The molecule has 1 heterocycles. The number of nitrogens with one attached hydrogen (secondary N) is 1. The molecule has 1 fully saturated rings. The number of likely N-dealkylation sites (N-methyl/N-ethyl adjacent to an activating group) is 1. The number of ether oxygens (including phenoxy) is 1. The van der Waals surface area contributed by atoms with Gasteiger partial charge in [0.15, 0.2) is 0 Å². The van der Waals surface area contributed by atoms with Crippen LogP contribution in [0.2, 0.25) is 0 Å². The Kier molecular flexibility index (Phi) is 6.53. The van der Waals surface area contributed by atoms with Gasteiger partial charge in [0.1, 0.15) is 0 Å². The predicted octanol–water partition coefficient (Wildman–Crippen LogP) is 1.73. The second kappa shape index (κ2) is 7.31. The van der Waals surface area contributed by atoms with Gasteiger partial charge >= 0.3 is 0 Å². The molecule has 1 rings (SSSR count). The smallest absolute Gasteiger partial charge is 0.251 e. The molecule has 126 valence electrons. The predicted molar refractivity (Wildman–Crippen MR) is 79.7 cm³/mol. The maximum absolute atomic E-state index is 12.7. The minimum atomic E-state index is -2.40. The topological polar surface area (TPSA) is 44.7 Å². The summed E-state index contributed by atoms with van der Waals surface area (Å²) in [7, 11) is 0. The van der Waals surface area contributed by atoms with Crippen molar-refractivity contribution < 1.29 is 18.6 Å². The van der Waals surface area contributed by atoms with Crippen LogP contribution < -0.4 is 5.32 Å². The lowest BCUT2D eigenvalue weighted by Gasteiger charge is -2.34. The normalized spacial score (nSPS) is 27.7. The molecule has 0 aromatic carbocycles. The van der Waals surface area contributed by atoms with Crippen LogP contribution in [-0.2, 0) is 4.74 Å². The van der Waals surface area contributed by atoms with Crippen LogP contribution in [0.5, 0.6) is 0 Å². The van der Waals surface area contributed by atoms with Crippen LogP contribution in [0.25, 0.3) is 0 Å². The first-order valence-electron chi connectivity index (χ1n) is 7.69. The van der Waals surface area contributed by atoms with Gasteiger partial charge in [-0.3, -0.25) is 4.90 Å². The van der Waals surface area contributed by atoms with Crippen molar-refractivity contribution in [1.29, 1.82) is 0 Å². The maximum atomic E-state index is 12.7. The van der Waals surface area contributed by atoms with Crippen molar-refractivity contribution in [1.82, 2.24) is 10.2 Å². The fraction of sp³-hybridized carbons (Fsp3) is 1.00. The Bertz CT molecular complexity index is 325. The molecule has 2 atom stereocenters. The van der Waals surface area contributed by atoms with Crippen molar-refractivity contribution >= 4 is 0 Å². The highest BCUT2D eigenvalue weighted by Gasteiger charge is 2.53. The molecule has 21 heavy (non-hydrogen) atoms. The van der Waals surface area contributed by atoms with Crippen LogP contribution in [-0.4, -0.2) is 66.5 Å². The van der Waals surface area contributed by atoms with E-state index in [1.54, 1.807) is 4.90 Å². The minimum Gasteiger partial charge on any atom is -0.395 e. The first-order valence-corrected chi connectivity index (χ1v) is 7.69. The number of hydrogen-bond donors (Lipinski definition) is 2. The lowest BCUT2D eigenvalue weighted by Crippen LogP contribution is -2.51. The van der Waals surface area contributed by atoms with E-state index in [4.69, 9.17) is 9.84 Å². The molecule has 1 aliphatic heterocycles. The Morgan fingerprint density at radius 3 is 2.33 bits per heavy atom. The molecule has 0 amide bonds. The summed E-state index contributed by atoms with van der Waals surface area (Å²) in [5.74, 6) is 0.0812. The molecule has 2 unspecified atom stereocenters. The number of halogens is 2. The van der Waals surface area contributed by atoms with E-state index in [9.17, 15) is 8.78 Å². The summed E-state index contributed by atoms with van der Waals surface area (Å²) in [6, 6.07) is 0.0939. The highest BCUT2D eigenvalue weighted by Crippen LogP contribution is 2.42. The molecule has 0 aromatic heterocycles. The van der Waals surface area contributed by atoms with Crippen molar-refractivity contribution in [3.8, 4) is 0 Å². The third-order valence-corrected chi connectivity index (χ3v) is 4.26.